The first-order valence-electron chi connectivity index (χ1n) is 5.04. The van der Waals surface area contributed by atoms with Gasteiger partial charge in [-0.15, -0.1) is 23.5 Å². The Morgan fingerprint density at radius 1 is 1.43 bits per heavy atom. The van der Waals surface area contributed by atoms with Crippen molar-refractivity contribution in [1.82, 2.24) is 0 Å². The van der Waals surface area contributed by atoms with Gasteiger partial charge in [0.2, 0.25) is 0 Å². The van der Waals surface area contributed by atoms with Gasteiger partial charge in [-0.2, -0.15) is 0 Å². The van der Waals surface area contributed by atoms with Gasteiger partial charge in [-0.1, -0.05) is 13.8 Å². The van der Waals surface area contributed by atoms with Gasteiger partial charge in [-0.3, -0.25) is 4.79 Å². The molecule has 1 heterocycles. The highest BCUT2D eigenvalue weighted by Gasteiger charge is 2.40. The summed E-state index contributed by atoms with van der Waals surface area (Å²) < 4.78 is 5.09. The second-order valence-electron chi connectivity index (χ2n) is 3.65. The predicted molar refractivity (Wildman–Crippen MR) is 63.7 cm³/mol. The summed E-state index contributed by atoms with van der Waals surface area (Å²) >= 11 is 3.83. The van der Waals surface area contributed by atoms with Gasteiger partial charge in [-0.05, 0) is 12.8 Å². The van der Waals surface area contributed by atoms with Crippen LogP contribution < -0.4 is 0 Å². The first kappa shape index (κ1) is 12.2. The van der Waals surface area contributed by atoms with E-state index in [0.717, 1.165) is 11.5 Å². The zero-order valence-electron chi connectivity index (χ0n) is 9.04. The quantitative estimate of drug-likeness (QED) is 0.699. The monoisotopic (exact) mass is 234 g/mol. The average molecular weight is 234 g/mol. The third kappa shape index (κ3) is 2.83. The summed E-state index contributed by atoms with van der Waals surface area (Å²) in [7, 11) is 0. The molecular formula is C10H18O2S2. The normalized spacial score (nSPS) is 20.0. The van der Waals surface area contributed by atoms with E-state index in [1.54, 1.807) is 0 Å². The van der Waals surface area contributed by atoms with Gasteiger partial charge in [0, 0.05) is 11.5 Å². The minimum atomic E-state index is -0.0527. The van der Waals surface area contributed by atoms with Gasteiger partial charge in [0.15, 0.2) is 0 Å². The number of carbonyl (C=O) groups is 1. The lowest BCUT2D eigenvalue weighted by Gasteiger charge is -2.30. The van der Waals surface area contributed by atoms with E-state index in [1.165, 1.54) is 0 Å². The summed E-state index contributed by atoms with van der Waals surface area (Å²) in [4.78, 5) is 11.5. The summed E-state index contributed by atoms with van der Waals surface area (Å²) in [5.74, 6) is 2.78. The molecule has 0 bridgehead atoms. The average Bonchev–Trinajstić information content (AvgIpc) is 2.54. The van der Waals surface area contributed by atoms with Crippen LogP contribution in [0.2, 0.25) is 0 Å². The van der Waals surface area contributed by atoms with Crippen molar-refractivity contribution < 1.29 is 9.53 Å². The Morgan fingerprint density at radius 2 is 2.00 bits per heavy atom. The molecule has 0 unspecified atom stereocenters. The van der Waals surface area contributed by atoms with E-state index in [4.69, 9.17) is 4.74 Å². The molecule has 0 aliphatic carbocycles. The van der Waals surface area contributed by atoms with Crippen LogP contribution >= 0.6 is 23.5 Å². The van der Waals surface area contributed by atoms with Crippen molar-refractivity contribution in [3.63, 3.8) is 0 Å². The van der Waals surface area contributed by atoms with Crippen molar-refractivity contribution in [3.8, 4) is 0 Å². The fraction of sp³-hybridized carbons (Fsp3) is 0.900. The molecule has 1 rings (SSSR count). The predicted octanol–water partition coefficient (Wildman–Crippen LogP) is 2.77. The molecule has 0 atom stereocenters. The maximum absolute atomic E-state index is 11.5. The maximum Gasteiger partial charge on any atom is 0.308 e. The lowest BCUT2D eigenvalue weighted by molar-refractivity contribution is -0.143. The largest absolute Gasteiger partial charge is 0.466 e. The zero-order chi connectivity index (χ0) is 10.6. The molecular weight excluding hydrogens is 216 g/mol. The van der Waals surface area contributed by atoms with E-state index in [-0.39, 0.29) is 10.0 Å². The molecule has 2 nitrogen and oxygen atoms in total. The maximum atomic E-state index is 11.5. The summed E-state index contributed by atoms with van der Waals surface area (Å²) in [6.07, 6.45) is 0.549. The minimum Gasteiger partial charge on any atom is -0.466 e. The Morgan fingerprint density at radius 3 is 2.43 bits per heavy atom. The first-order valence-corrected chi connectivity index (χ1v) is 7.01. The second-order valence-corrected chi connectivity index (χ2v) is 6.75. The molecule has 1 fully saturated rings. The number of esters is 1. The molecule has 0 saturated carbocycles. The Balaban J connectivity index is 2.56. The molecule has 0 spiro atoms. The molecule has 0 aromatic carbocycles. The third-order valence-electron chi connectivity index (χ3n) is 2.35. The van der Waals surface area contributed by atoms with Gasteiger partial charge in [-0.25, -0.2) is 0 Å². The molecule has 4 heteroatoms. The topological polar surface area (TPSA) is 26.3 Å². The number of hydrogen-bond acceptors (Lipinski definition) is 4. The molecule has 1 saturated heterocycles. The Hall–Kier alpha value is 0.170. The smallest absolute Gasteiger partial charge is 0.308 e. The summed E-state index contributed by atoms with van der Waals surface area (Å²) in [5, 5.41) is 0. The third-order valence-corrected chi connectivity index (χ3v) is 6.34. The van der Waals surface area contributed by atoms with Crippen LogP contribution in [-0.2, 0) is 9.53 Å². The number of carbonyl (C=O) groups excluding carboxylic acids is 1. The van der Waals surface area contributed by atoms with Crippen molar-refractivity contribution >= 4 is 29.5 Å². The van der Waals surface area contributed by atoms with E-state index >= 15 is 0 Å². The van der Waals surface area contributed by atoms with Crippen LogP contribution in [0.15, 0.2) is 0 Å². The highest BCUT2D eigenvalue weighted by atomic mass is 32.2. The molecule has 0 aromatic rings. The molecule has 14 heavy (non-hydrogen) atoms. The summed E-state index contributed by atoms with van der Waals surface area (Å²) in [6, 6.07) is 0. The van der Waals surface area contributed by atoms with Gasteiger partial charge >= 0.3 is 5.97 Å². The van der Waals surface area contributed by atoms with Crippen LogP contribution in [0.3, 0.4) is 0 Å². The van der Waals surface area contributed by atoms with Crippen molar-refractivity contribution in [2.75, 3.05) is 18.1 Å². The van der Waals surface area contributed by atoms with E-state index in [0.29, 0.717) is 18.9 Å². The first-order chi connectivity index (χ1) is 6.60. The van der Waals surface area contributed by atoms with Crippen LogP contribution in [0.25, 0.3) is 0 Å². The number of thioether (sulfide) groups is 2. The number of rotatable bonds is 4. The fourth-order valence-corrected chi connectivity index (χ4v) is 4.82. The van der Waals surface area contributed by atoms with Crippen LogP contribution in [-0.4, -0.2) is 28.2 Å². The van der Waals surface area contributed by atoms with Gasteiger partial charge in [0.25, 0.3) is 0 Å². The molecule has 0 amide bonds. The van der Waals surface area contributed by atoms with E-state index < -0.39 is 0 Å². The van der Waals surface area contributed by atoms with Crippen molar-refractivity contribution in [1.29, 1.82) is 0 Å². The Bertz CT molecular complexity index is 198. The SMILES string of the molecule is CCOC(=O)CC1(C(C)C)SCCS1. The lowest BCUT2D eigenvalue weighted by Crippen LogP contribution is -2.29. The van der Waals surface area contributed by atoms with E-state index in [1.807, 2.05) is 30.4 Å². The van der Waals surface area contributed by atoms with Gasteiger partial charge in [0.1, 0.15) is 0 Å². The minimum absolute atomic E-state index is 0.0527. The van der Waals surface area contributed by atoms with Crippen molar-refractivity contribution in [2.45, 2.75) is 31.3 Å². The standard InChI is InChI=1S/C10H18O2S2/c1-4-12-9(11)7-10(8(2)3)13-5-6-14-10/h8H,4-7H2,1-3H3. The van der Waals surface area contributed by atoms with Crippen LogP contribution in [0.4, 0.5) is 0 Å². The molecule has 1 aliphatic rings. The molecule has 82 valence electrons. The van der Waals surface area contributed by atoms with E-state index in [9.17, 15) is 4.79 Å². The second kappa shape index (κ2) is 5.31. The van der Waals surface area contributed by atoms with Gasteiger partial charge in [0.05, 0.1) is 17.1 Å². The summed E-state index contributed by atoms with van der Waals surface area (Å²) in [5.41, 5.74) is 0. The zero-order valence-corrected chi connectivity index (χ0v) is 10.7. The molecule has 1 aliphatic heterocycles. The van der Waals surface area contributed by atoms with Crippen LogP contribution in [0, 0.1) is 5.92 Å². The lowest BCUT2D eigenvalue weighted by atomic mass is 10.1. The van der Waals surface area contributed by atoms with Crippen LogP contribution in [0.5, 0.6) is 0 Å². The van der Waals surface area contributed by atoms with Crippen molar-refractivity contribution in [2.24, 2.45) is 5.92 Å². The van der Waals surface area contributed by atoms with Crippen LogP contribution in [0.1, 0.15) is 27.2 Å². The Kier molecular flexibility index (Phi) is 4.64. The van der Waals surface area contributed by atoms with Crippen molar-refractivity contribution in [3.05, 3.63) is 0 Å². The van der Waals surface area contributed by atoms with Gasteiger partial charge < -0.3 is 4.74 Å². The molecule has 0 N–H and O–H groups in total. The van der Waals surface area contributed by atoms with E-state index in [2.05, 4.69) is 13.8 Å². The highest BCUT2D eigenvalue weighted by Crippen LogP contribution is 2.51. The number of hydrogen-bond donors (Lipinski definition) is 0. The summed E-state index contributed by atoms with van der Waals surface area (Å²) in [6.45, 7) is 6.71. The molecule has 0 radical (unpaired) electrons. The molecule has 0 aromatic heterocycles. The number of ether oxygens (including phenoxy) is 1. The highest BCUT2D eigenvalue weighted by molar-refractivity contribution is 8.21. The Labute approximate surface area is 94.5 Å². The fourth-order valence-electron chi connectivity index (χ4n) is 1.52.